The van der Waals surface area contributed by atoms with Crippen molar-refractivity contribution < 1.29 is 23.5 Å². The van der Waals surface area contributed by atoms with Gasteiger partial charge >= 0.3 is 0 Å². The number of ether oxygens (including phenoxy) is 2. The highest BCUT2D eigenvalue weighted by Gasteiger charge is 2.35. The zero-order valence-corrected chi connectivity index (χ0v) is 16.1. The predicted octanol–water partition coefficient (Wildman–Crippen LogP) is 2.72. The minimum absolute atomic E-state index is 0.253. The number of amides is 2. The maximum absolute atomic E-state index is 13.0. The third-order valence-corrected chi connectivity index (χ3v) is 5.22. The van der Waals surface area contributed by atoms with Gasteiger partial charge < -0.3 is 9.47 Å². The number of fused-ring (bicyclic) bond motifs is 1. The van der Waals surface area contributed by atoms with Crippen LogP contribution in [0.4, 0.5) is 4.39 Å². The van der Waals surface area contributed by atoms with Crippen molar-refractivity contribution in [1.82, 2.24) is 9.80 Å². The number of benzene rings is 2. The van der Waals surface area contributed by atoms with Crippen LogP contribution in [0.5, 0.6) is 5.75 Å². The van der Waals surface area contributed by atoms with Crippen molar-refractivity contribution in [2.45, 2.75) is 13.0 Å². The Morgan fingerprint density at radius 1 is 0.931 bits per heavy atom. The Balaban J connectivity index is 1.36. The van der Waals surface area contributed by atoms with Crippen LogP contribution < -0.4 is 4.74 Å². The van der Waals surface area contributed by atoms with Gasteiger partial charge in [0.2, 0.25) is 0 Å². The number of halogens is 1. The Bertz CT molecular complexity index is 894. The van der Waals surface area contributed by atoms with Crippen LogP contribution in [0.3, 0.4) is 0 Å². The fourth-order valence-electron chi connectivity index (χ4n) is 3.59. The summed E-state index contributed by atoms with van der Waals surface area (Å²) < 4.78 is 24.0. The molecule has 2 aliphatic heterocycles. The van der Waals surface area contributed by atoms with Gasteiger partial charge in [-0.1, -0.05) is 12.1 Å². The monoisotopic (exact) mass is 398 g/mol. The third kappa shape index (κ3) is 4.46. The Morgan fingerprint density at radius 2 is 1.66 bits per heavy atom. The molecule has 0 aliphatic carbocycles. The maximum atomic E-state index is 13.0. The predicted molar refractivity (Wildman–Crippen MR) is 104 cm³/mol. The lowest BCUT2D eigenvalue weighted by atomic mass is 10.1. The molecule has 2 aromatic carbocycles. The number of morpholine rings is 1. The van der Waals surface area contributed by atoms with Crippen LogP contribution in [0.1, 0.15) is 32.7 Å². The lowest BCUT2D eigenvalue weighted by Crippen LogP contribution is -2.39. The second-order valence-corrected chi connectivity index (χ2v) is 7.19. The van der Waals surface area contributed by atoms with Crippen molar-refractivity contribution in [2.24, 2.45) is 0 Å². The summed E-state index contributed by atoms with van der Waals surface area (Å²) >= 11 is 0. The SMILES string of the molecule is O=C1c2ccc(OCc3ccc(F)cc3)cc2C(=O)N1CCCN1CCOCC1. The molecule has 2 heterocycles. The average Bonchev–Trinajstić information content (AvgIpc) is 2.98. The molecule has 2 aromatic rings. The molecule has 29 heavy (non-hydrogen) atoms. The molecular weight excluding hydrogens is 375 g/mol. The van der Waals surface area contributed by atoms with Gasteiger partial charge in [0.1, 0.15) is 18.2 Å². The van der Waals surface area contributed by atoms with Gasteiger partial charge in [0, 0.05) is 26.2 Å². The first-order valence-corrected chi connectivity index (χ1v) is 9.79. The summed E-state index contributed by atoms with van der Waals surface area (Å²) in [6.45, 7) is 4.72. The zero-order chi connectivity index (χ0) is 20.2. The van der Waals surface area contributed by atoms with Gasteiger partial charge in [0.05, 0.1) is 24.3 Å². The number of hydrogen-bond acceptors (Lipinski definition) is 5. The fraction of sp³-hybridized carbons (Fsp3) is 0.364. The number of carbonyl (C=O) groups excluding carboxylic acids is 2. The number of imide groups is 1. The Hall–Kier alpha value is -2.77. The smallest absolute Gasteiger partial charge is 0.261 e. The molecule has 7 heteroatoms. The van der Waals surface area contributed by atoms with Crippen molar-refractivity contribution in [3.05, 3.63) is 65.0 Å². The molecule has 1 fully saturated rings. The summed E-state index contributed by atoms with van der Waals surface area (Å²) in [5.41, 5.74) is 1.60. The quantitative estimate of drug-likeness (QED) is 0.672. The summed E-state index contributed by atoms with van der Waals surface area (Å²) in [5, 5.41) is 0. The van der Waals surface area contributed by atoms with Crippen LogP contribution in [-0.4, -0.2) is 61.0 Å². The molecule has 152 valence electrons. The Labute approximate surface area is 168 Å². The first kappa shape index (κ1) is 19.5. The lowest BCUT2D eigenvalue weighted by molar-refractivity contribution is 0.0355. The van der Waals surface area contributed by atoms with Gasteiger partial charge in [-0.2, -0.15) is 0 Å². The molecular formula is C22H23FN2O4. The lowest BCUT2D eigenvalue weighted by Gasteiger charge is -2.27. The molecule has 0 bridgehead atoms. The second-order valence-electron chi connectivity index (χ2n) is 7.19. The molecule has 6 nitrogen and oxygen atoms in total. The first-order valence-electron chi connectivity index (χ1n) is 9.79. The summed E-state index contributed by atoms with van der Waals surface area (Å²) in [4.78, 5) is 28.9. The molecule has 0 aromatic heterocycles. The summed E-state index contributed by atoms with van der Waals surface area (Å²) in [6.07, 6.45) is 0.736. The molecule has 0 spiro atoms. The first-order chi connectivity index (χ1) is 14.1. The van der Waals surface area contributed by atoms with E-state index in [0.29, 0.717) is 23.4 Å². The fourth-order valence-corrected chi connectivity index (χ4v) is 3.59. The second kappa shape index (κ2) is 8.71. The molecule has 4 rings (SSSR count). The van der Waals surface area contributed by atoms with Gasteiger partial charge in [-0.15, -0.1) is 0 Å². The zero-order valence-electron chi connectivity index (χ0n) is 16.1. The number of hydrogen-bond donors (Lipinski definition) is 0. The normalized spacial score (nSPS) is 16.9. The highest BCUT2D eigenvalue weighted by molar-refractivity contribution is 6.21. The summed E-state index contributed by atoms with van der Waals surface area (Å²) in [5.74, 6) is -0.329. The van der Waals surface area contributed by atoms with E-state index in [1.807, 2.05) is 0 Å². The van der Waals surface area contributed by atoms with E-state index in [9.17, 15) is 14.0 Å². The molecule has 0 N–H and O–H groups in total. The van der Waals surface area contributed by atoms with Crippen LogP contribution in [0, 0.1) is 5.82 Å². The van der Waals surface area contributed by atoms with E-state index < -0.39 is 0 Å². The number of rotatable bonds is 7. The standard InChI is InChI=1S/C22H23FN2O4/c23-17-4-2-16(3-5-17)15-29-18-6-7-19-20(14-18)22(27)25(21(19)26)9-1-8-24-10-12-28-13-11-24/h2-7,14H,1,8-13,15H2. The Morgan fingerprint density at radius 3 is 2.41 bits per heavy atom. The van der Waals surface area contributed by atoms with Gasteiger partial charge in [-0.3, -0.25) is 19.4 Å². The Kier molecular flexibility index (Phi) is 5.87. The molecule has 0 saturated carbocycles. The minimum Gasteiger partial charge on any atom is -0.489 e. The van der Waals surface area contributed by atoms with E-state index in [0.717, 1.165) is 44.8 Å². The van der Waals surface area contributed by atoms with Gasteiger partial charge in [0.15, 0.2) is 0 Å². The topological polar surface area (TPSA) is 59.1 Å². The molecule has 0 unspecified atom stereocenters. The van der Waals surface area contributed by atoms with E-state index in [4.69, 9.17) is 9.47 Å². The summed E-state index contributed by atoms with van der Waals surface area (Å²) in [6, 6.07) is 11.0. The van der Waals surface area contributed by atoms with Crippen molar-refractivity contribution in [1.29, 1.82) is 0 Å². The molecule has 0 atom stereocenters. The number of nitrogens with zero attached hydrogens (tertiary/aromatic N) is 2. The van der Waals surface area contributed by atoms with Crippen LogP contribution >= 0.6 is 0 Å². The van der Waals surface area contributed by atoms with E-state index in [-0.39, 0.29) is 24.2 Å². The van der Waals surface area contributed by atoms with E-state index >= 15 is 0 Å². The van der Waals surface area contributed by atoms with E-state index in [1.165, 1.54) is 17.0 Å². The third-order valence-electron chi connectivity index (χ3n) is 5.22. The molecule has 2 amide bonds. The van der Waals surface area contributed by atoms with Gasteiger partial charge in [-0.05, 0) is 42.3 Å². The maximum Gasteiger partial charge on any atom is 0.261 e. The van der Waals surface area contributed by atoms with E-state index in [1.54, 1.807) is 30.3 Å². The highest BCUT2D eigenvalue weighted by atomic mass is 19.1. The number of carbonyl (C=O) groups is 2. The minimum atomic E-state index is -0.302. The molecule has 2 aliphatic rings. The van der Waals surface area contributed by atoms with Crippen molar-refractivity contribution >= 4 is 11.8 Å². The summed E-state index contributed by atoms with van der Waals surface area (Å²) in [7, 11) is 0. The highest BCUT2D eigenvalue weighted by Crippen LogP contribution is 2.27. The van der Waals surface area contributed by atoms with Crippen molar-refractivity contribution in [3.63, 3.8) is 0 Å². The molecule has 0 radical (unpaired) electrons. The van der Waals surface area contributed by atoms with Gasteiger partial charge in [-0.25, -0.2) is 4.39 Å². The van der Waals surface area contributed by atoms with Crippen LogP contribution in [-0.2, 0) is 11.3 Å². The van der Waals surface area contributed by atoms with Crippen LogP contribution in [0.25, 0.3) is 0 Å². The molecule has 1 saturated heterocycles. The average molecular weight is 398 g/mol. The van der Waals surface area contributed by atoms with Gasteiger partial charge in [0.25, 0.3) is 11.8 Å². The van der Waals surface area contributed by atoms with Crippen molar-refractivity contribution in [2.75, 3.05) is 39.4 Å². The van der Waals surface area contributed by atoms with E-state index in [2.05, 4.69) is 4.90 Å². The van der Waals surface area contributed by atoms with Crippen molar-refractivity contribution in [3.8, 4) is 5.75 Å². The largest absolute Gasteiger partial charge is 0.489 e. The van der Waals surface area contributed by atoms with Crippen LogP contribution in [0.15, 0.2) is 42.5 Å². The van der Waals surface area contributed by atoms with Crippen LogP contribution in [0.2, 0.25) is 0 Å².